The highest BCUT2D eigenvalue weighted by atomic mass is 35.5. The lowest BCUT2D eigenvalue weighted by Gasteiger charge is -2.16. The van der Waals surface area contributed by atoms with E-state index in [0.29, 0.717) is 17.2 Å². The predicted octanol–water partition coefficient (Wildman–Crippen LogP) is 2.91. The molecule has 1 heterocycles. The van der Waals surface area contributed by atoms with E-state index in [9.17, 15) is 4.79 Å². The number of halogens is 1. The Morgan fingerprint density at radius 3 is 2.81 bits per heavy atom. The van der Waals surface area contributed by atoms with Gasteiger partial charge >= 0.3 is 5.97 Å². The normalized spacial score (nSPS) is 20.7. The van der Waals surface area contributed by atoms with Gasteiger partial charge in [-0.15, -0.1) is 0 Å². The van der Waals surface area contributed by atoms with E-state index in [4.69, 9.17) is 21.6 Å². The molecule has 1 aliphatic rings. The van der Waals surface area contributed by atoms with Crippen molar-refractivity contribution in [2.45, 2.75) is 13.0 Å². The first-order chi connectivity index (χ1) is 10.2. The molecule has 21 heavy (non-hydrogen) atoms. The first-order valence-electron chi connectivity index (χ1n) is 6.62. The van der Waals surface area contributed by atoms with Crippen molar-refractivity contribution >= 4 is 23.6 Å². The SMILES string of the molecule is CCOC(=O)C1NC=C(C#N)C1/C=C/c1ccc(Cl)cc1. The Kier molecular flexibility index (Phi) is 5.02. The zero-order chi connectivity index (χ0) is 15.2. The van der Waals surface area contributed by atoms with Crippen LogP contribution < -0.4 is 5.32 Å². The summed E-state index contributed by atoms with van der Waals surface area (Å²) >= 11 is 5.84. The van der Waals surface area contributed by atoms with Crippen LogP contribution in [0.15, 0.2) is 42.1 Å². The average molecular weight is 303 g/mol. The third-order valence-corrected chi connectivity index (χ3v) is 3.42. The summed E-state index contributed by atoms with van der Waals surface area (Å²) in [6, 6.07) is 8.87. The monoisotopic (exact) mass is 302 g/mol. The second-order valence-electron chi connectivity index (χ2n) is 4.54. The van der Waals surface area contributed by atoms with Crippen molar-refractivity contribution in [3.63, 3.8) is 0 Å². The van der Waals surface area contributed by atoms with Gasteiger partial charge in [0.25, 0.3) is 0 Å². The fourth-order valence-electron chi connectivity index (χ4n) is 2.12. The molecule has 0 spiro atoms. The predicted molar refractivity (Wildman–Crippen MR) is 81.2 cm³/mol. The third-order valence-electron chi connectivity index (χ3n) is 3.17. The van der Waals surface area contributed by atoms with Gasteiger partial charge in [-0.05, 0) is 24.6 Å². The minimum absolute atomic E-state index is 0.312. The topological polar surface area (TPSA) is 62.1 Å². The highest BCUT2D eigenvalue weighted by Gasteiger charge is 2.34. The van der Waals surface area contributed by atoms with Crippen LogP contribution in [0.4, 0.5) is 0 Å². The van der Waals surface area contributed by atoms with Gasteiger partial charge in [0.15, 0.2) is 0 Å². The number of ether oxygens (including phenoxy) is 1. The van der Waals surface area contributed by atoms with Gasteiger partial charge in [-0.25, -0.2) is 4.79 Å². The summed E-state index contributed by atoms with van der Waals surface area (Å²) in [6.45, 7) is 2.07. The molecule has 0 fully saturated rings. The molecule has 1 aliphatic heterocycles. The Bertz CT molecular complexity index is 614. The molecular weight excluding hydrogens is 288 g/mol. The average Bonchev–Trinajstić information content (AvgIpc) is 2.90. The number of carbonyl (C=O) groups is 1. The second-order valence-corrected chi connectivity index (χ2v) is 4.98. The van der Waals surface area contributed by atoms with E-state index in [0.717, 1.165) is 5.56 Å². The minimum atomic E-state index is -0.553. The summed E-state index contributed by atoms with van der Waals surface area (Å²) in [5.41, 5.74) is 1.46. The number of carbonyl (C=O) groups excluding carboxylic acids is 1. The molecule has 1 N–H and O–H groups in total. The van der Waals surface area contributed by atoms with Crippen LogP contribution in [0, 0.1) is 17.2 Å². The minimum Gasteiger partial charge on any atom is -0.464 e. The standard InChI is InChI=1S/C16H15ClN2O2/c1-2-21-16(20)15-14(12(9-18)10-19-15)8-5-11-3-6-13(17)7-4-11/h3-8,10,14-15,19H,2H2,1H3/b8-5+. The molecule has 4 nitrogen and oxygen atoms in total. The van der Waals surface area contributed by atoms with Crippen molar-refractivity contribution < 1.29 is 9.53 Å². The number of rotatable bonds is 4. The lowest BCUT2D eigenvalue weighted by Crippen LogP contribution is -2.36. The van der Waals surface area contributed by atoms with Crippen molar-refractivity contribution in [1.82, 2.24) is 5.32 Å². The lowest BCUT2D eigenvalue weighted by atomic mass is 9.94. The number of esters is 1. The molecule has 2 rings (SSSR count). The van der Waals surface area contributed by atoms with E-state index in [1.165, 1.54) is 0 Å². The molecule has 1 aromatic rings. The summed E-state index contributed by atoms with van der Waals surface area (Å²) in [5.74, 6) is -0.686. The van der Waals surface area contributed by atoms with Gasteiger partial charge in [0.2, 0.25) is 0 Å². The number of hydrogen-bond acceptors (Lipinski definition) is 4. The molecule has 0 amide bonds. The molecule has 0 aliphatic carbocycles. The highest BCUT2D eigenvalue weighted by Crippen LogP contribution is 2.24. The second kappa shape index (κ2) is 6.96. The Hall–Kier alpha value is -2.25. The largest absolute Gasteiger partial charge is 0.464 e. The smallest absolute Gasteiger partial charge is 0.329 e. The van der Waals surface area contributed by atoms with Gasteiger partial charge in [0.05, 0.1) is 18.2 Å². The molecule has 5 heteroatoms. The third kappa shape index (κ3) is 3.65. The van der Waals surface area contributed by atoms with Gasteiger partial charge < -0.3 is 10.1 Å². The van der Waals surface area contributed by atoms with Gasteiger partial charge in [-0.2, -0.15) is 5.26 Å². The van der Waals surface area contributed by atoms with E-state index in [2.05, 4.69) is 11.4 Å². The summed E-state index contributed by atoms with van der Waals surface area (Å²) in [7, 11) is 0. The molecule has 2 atom stereocenters. The zero-order valence-corrected chi connectivity index (χ0v) is 12.3. The van der Waals surface area contributed by atoms with Crippen LogP contribution in [0.25, 0.3) is 6.08 Å². The number of nitrogens with one attached hydrogen (secondary N) is 1. The maximum Gasteiger partial charge on any atom is 0.329 e. The van der Waals surface area contributed by atoms with Crippen LogP contribution in [0.3, 0.4) is 0 Å². The number of nitriles is 1. The number of hydrogen-bond donors (Lipinski definition) is 1. The van der Waals surface area contributed by atoms with Crippen LogP contribution in [-0.2, 0) is 9.53 Å². The van der Waals surface area contributed by atoms with Crippen molar-refractivity contribution in [2.75, 3.05) is 6.61 Å². The van der Waals surface area contributed by atoms with Crippen LogP contribution in [0.2, 0.25) is 5.02 Å². The van der Waals surface area contributed by atoms with Crippen molar-refractivity contribution in [2.24, 2.45) is 5.92 Å². The van der Waals surface area contributed by atoms with Crippen LogP contribution in [0.1, 0.15) is 12.5 Å². The number of nitrogens with zero attached hydrogens (tertiary/aromatic N) is 1. The molecule has 108 valence electrons. The first-order valence-corrected chi connectivity index (χ1v) is 7.00. The summed E-state index contributed by atoms with van der Waals surface area (Å²) < 4.78 is 5.02. The van der Waals surface area contributed by atoms with Crippen LogP contribution in [0.5, 0.6) is 0 Å². The summed E-state index contributed by atoms with van der Waals surface area (Å²) in [6.07, 6.45) is 5.27. The quantitative estimate of drug-likeness (QED) is 0.869. The fourth-order valence-corrected chi connectivity index (χ4v) is 2.24. The Morgan fingerprint density at radius 1 is 1.48 bits per heavy atom. The van der Waals surface area contributed by atoms with Gasteiger partial charge in [0.1, 0.15) is 6.04 Å². The lowest BCUT2D eigenvalue weighted by molar-refractivity contribution is -0.145. The van der Waals surface area contributed by atoms with Gasteiger partial charge in [-0.3, -0.25) is 0 Å². The number of benzene rings is 1. The Morgan fingerprint density at radius 2 is 2.19 bits per heavy atom. The Labute approximate surface area is 128 Å². The summed E-state index contributed by atoms with van der Waals surface area (Å²) in [4.78, 5) is 11.9. The maximum absolute atomic E-state index is 11.9. The molecule has 0 bridgehead atoms. The van der Waals surface area contributed by atoms with E-state index in [-0.39, 0.29) is 11.9 Å². The maximum atomic E-state index is 11.9. The Balaban J connectivity index is 2.17. The molecule has 2 unspecified atom stereocenters. The van der Waals surface area contributed by atoms with E-state index < -0.39 is 6.04 Å². The molecule has 0 saturated heterocycles. The highest BCUT2D eigenvalue weighted by molar-refractivity contribution is 6.30. The molecular formula is C16H15ClN2O2. The van der Waals surface area contributed by atoms with E-state index in [1.54, 1.807) is 25.3 Å². The first kappa shape index (κ1) is 15.1. The molecule has 0 radical (unpaired) electrons. The van der Waals surface area contributed by atoms with Crippen molar-refractivity contribution in [3.05, 3.63) is 52.7 Å². The van der Waals surface area contributed by atoms with Crippen LogP contribution in [-0.4, -0.2) is 18.6 Å². The van der Waals surface area contributed by atoms with Crippen LogP contribution >= 0.6 is 11.6 Å². The van der Waals surface area contributed by atoms with E-state index in [1.807, 2.05) is 24.3 Å². The molecule has 0 saturated carbocycles. The molecule has 0 aromatic heterocycles. The fraction of sp³-hybridized carbons (Fsp3) is 0.250. The summed E-state index contributed by atoms with van der Waals surface area (Å²) in [5, 5.41) is 12.7. The zero-order valence-electron chi connectivity index (χ0n) is 11.5. The van der Waals surface area contributed by atoms with E-state index >= 15 is 0 Å². The van der Waals surface area contributed by atoms with Crippen molar-refractivity contribution in [3.8, 4) is 6.07 Å². The van der Waals surface area contributed by atoms with Gasteiger partial charge in [-0.1, -0.05) is 35.9 Å². The van der Waals surface area contributed by atoms with Gasteiger partial charge in [0, 0.05) is 17.1 Å². The van der Waals surface area contributed by atoms with Crippen molar-refractivity contribution in [1.29, 1.82) is 5.26 Å². The molecule has 1 aromatic carbocycles.